The first-order valence-electron chi connectivity index (χ1n) is 10.4. The first kappa shape index (κ1) is 23.4. The van der Waals surface area contributed by atoms with Crippen molar-refractivity contribution in [3.63, 3.8) is 0 Å². The van der Waals surface area contributed by atoms with E-state index in [4.69, 9.17) is 5.73 Å². The highest BCUT2D eigenvalue weighted by molar-refractivity contribution is 7.98. The summed E-state index contributed by atoms with van der Waals surface area (Å²) in [6, 6.07) is 21.6. The topological polar surface area (TPSA) is 84.5 Å². The number of thioether (sulfide) groups is 1. The molecule has 3 N–H and O–H groups in total. The third-order valence-electron chi connectivity index (χ3n) is 5.05. The normalized spacial score (nSPS) is 10.5. The number of nitrogens with one attached hydrogen (secondary N) is 1. The summed E-state index contributed by atoms with van der Waals surface area (Å²) < 4.78 is 0. The molecule has 5 nitrogen and oxygen atoms in total. The van der Waals surface area contributed by atoms with Gasteiger partial charge in [0, 0.05) is 36.6 Å². The molecule has 0 saturated carbocycles. The summed E-state index contributed by atoms with van der Waals surface area (Å²) in [7, 11) is 0. The molecule has 0 unspecified atom stereocenters. The van der Waals surface area contributed by atoms with Gasteiger partial charge in [-0.2, -0.15) is 11.8 Å². The van der Waals surface area contributed by atoms with Crippen molar-refractivity contribution in [3.8, 4) is 11.1 Å². The van der Waals surface area contributed by atoms with E-state index in [-0.39, 0.29) is 5.91 Å². The molecule has 3 rings (SSSR count). The fourth-order valence-corrected chi connectivity index (χ4v) is 4.25. The van der Waals surface area contributed by atoms with Crippen molar-refractivity contribution < 1.29 is 9.59 Å². The standard InChI is InChI=1S/C26H27N3O2S/c1-28-25-9-8-23(22-7-3-4-19(13-22)15-27)14-24(25)18-32-11-10-26(31)29-16-20-5-2-6-21(12-20)17-30/h2-9,12-14,17H,1,10-11,15-16,18,27H2,(H,29,31). The van der Waals surface area contributed by atoms with Crippen molar-refractivity contribution in [2.75, 3.05) is 5.75 Å². The van der Waals surface area contributed by atoms with Gasteiger partial charge in [-0.05, 0) is 58.8 Å². The van der Waals surface area contributed by atoms with E-state index in [0.29, 0.717) is 30.8 Å². The number of rotatable bonds is 11. The predicted molar refractivity (Wildman–Crippen MR) is 133 cm³/mol. The fraction of sp³-hybridized carbons (Fsp3) is 0.192. The van der Waals surface area contributed by atoms with Crippen LogP contribution in [0, 0.1) is 0 Å². The average Bonchev–Trinajstić information content (AvgIpc) is 2.85. The van der Waals surface area contributed by atoms with Gasteiger partial charge in [0.2, 0.25) is 5.91 Å². The molecular weight excluding hydrogens is 418 g/mol. The molecule has 0 heterocycles. The highest BCUT2D eigenvalue weighted by Crippen LogP contribution is 2.30. The number of carbonyl (C=O) groups is 2. The van der Waals surface area contributed by atoms with Gasteiger partial charge in [0.15, 0.2) is 0 Å². The molecule has 164 valence electrons. The first-order chi connectivity index (χ1) is 15.6. The Balaban J connectivity index is 1.52. The molecule has 0 radical (unpaired) electrons. The van der Waals surface area contributed by atoms with E-state index >= 15 is 0 Å². The molecule has 0 aliphatic rings. The number of aliphatic imine (C=N–C) groups is 1. The lowest BCUT2D eigenvalue weighted by Gasteiger charge is -2.10. The largest absolute Gasteiger partial charge is 0.352 e. The van der Waals surface area contributed by atoms with Gasteiger partial charge in [0.05, 0.1) is 5.69 Å². The van der Waals surface area contributed by atoms with Gasteiger partial charge in [-0.15, -0.1) is 0 Å². The Labute approximate surface area is 193 Å². The van der Waals surface area contributed by atoms with Crippen LogP contribution in [0.4, 0.5) is 5.69 Å². The number of hydrogen-bond donors (Lipinski definition) is 2. The number of benzene rings is 3. The van der Waals surface area contributed by atoms with E-state index in [1.165, 1.54) is 0 Å². The van der Waals surface area contributed by atoms with Crippen molar-refractivity contribution in [2.24, 2.45) is 10.7 Å². The third kappa shape index (κ3) is 6.64. The lowest BCUT2D eigenvalue weighted by molar-refractivity contribution is -0.120. The molecule has 0 saturated heterocycles. The van der Waals surface area contributed by atoms with Gasteiger partial charge in [0.1, 0.15) is 6.29 Å². The molecule has 3 aromatic carbocycles. The lowest BCUT2D eigenvalue weighted by atomic mass is 10.0. The minimum absolute atomic E-state index is 0.0107. The van der Waals surface area contributed by atoms with Crippen LogP contribution in [0.2, 0.25) is 0 Å². The van der Waals surface area contributed by atoms with Crippen LogP contribution in [0.3, 0.4) is 0 Å². The maximum absolute atomic E-state index is 12.2. The molecule has 0 fully saturated rings. The van der Waals surface area contributed by atoms with Gasteiger partial charge in [-0.1, -0.05) is 42.5 Å². The van der Waals surface area contributed by atoms with E-state index in [1.54, 1.807) is 23.9 Å². The van der Waals surface area contributed by atoms with Crippen LogP contribution in [0.25, 0.3) is 11.1 Å². The second-order valence-corrected chi connectivity index (χ2v) is 8.45. The molecular formula is C26H27N3O2S. The Morgan fingerprint density at radius 2 is 1.81 bits per heavy atom. The summed E-state index contributed by atoms with van der Waals surface area (Å²) in [5, 5.41) is 2.91. The number of aldehydes is 1. The maximum atomic E-state index is 12.2. The van der Waals surface area contributed by atoms with E-state index < -0.39 is 0 Å². The molecule has 0 spiro atoms. The van der Waals surface area contributed by atoms with Gasteiger partial charge >= 0.3 is 0 Å². The zero-order valence-electron chi connectivity index (χ0n) is 17.9. The van der Waals surface area contributed by atoms with Crippen molar-refractivity contribution in [1.29, 1.82) is 0 Å². The molecule has 0 atom stereocenters. The average molecular weight is 446 g/mol. The highest BCUT2D eigenvalue weighted by atomic mass is 32.2. The van der Waals surface area contributed by atoms with Crippen LogP contribution in [0.5, 0.6) is 0 Å². The van der Waals surface area contributed by atoms with Gasteiger partial charge in [0.25, 0.3) is 0 Å². The summed E-state index contributed by atoms with van der Waals surface area (Å²) in [6.45, 7) is 4.61. The Hall–Kier alpha value is -3.22. The molecule has 3 aromatic rings. The van der Waals surface area contributed by atoms with E-state index in [0.717, 1.165) is 45.5 Å². The Morgan fingerprint density at radius 1 is 1.03 bits per heavy atom. The zero-order valence-corrected chi connectivity index (χ0v) is 18.7. The Kier molecular flexibility index (Phi) is 8.78. The smallest absolute Gasteiger partial charge is 0.221 e. The quantitative estimate of drug-likeness (QED) is 0.250. The Morgan fingerprint density at radius 3 is 2.59 bits per heavy atom. The SMILES string of the molecule is C=Nc1ccc(-c2cccc(CN)c2)cc1CSCCC(=O)NCc1cccc(C=O)c1. The molecule has 0 aliphatic carbocycles. The highest BCUT2D eigenvalue weighted by Gasteiger charge is 2.07. The van der Waals surface area contributed by atoms with Crippen molar-refractivity contribution in [3.05, 3.63) is 89.0 Å². The van der Waals surface area contributed by atoms with Crippen LogP contribution in [-0.4, -0.2) is 24.7 Å². The Bertz CT molecular complexity index is 1100. The van der Waals surface area contributed by atoms with E-state index in [2.05, 4.69) is 35.2 Å². The van der Waals surface area contributed by atoms with Crippen molar-refractivity contribution in [2.45, 2.75) is 25.3 Å². The molecule has 0 bridgehead atoms. The van der Waals surface area contributed by atoms with Crippen LogP contribution in [0.15, 0.2) is 71.7 Å². The summed E-state index contributed by atoms with van der Waals surface area (Å²) in [5.74, 6) is 1.43. The monoisotopic (exact) mass is 445 g/mol. The summed E-state index contributed by atoms with van der Waals surface area (Å²) in [4.78, 5) is 27.2. The van der Waals surface area contributed by atoms with Crippen molar-refractivity contribution in [1.82, 2.24) is 5.32 Å². The van der Waals surface area contributed by atoms with E-state index in [9.17, 15) is 9.59 Å². The minimum atomic E-state index is -0.0107. The van der Waals surface area contributed by atoms with Gasteiger partial charge < -0.3 is 11.1 Å². The number of nitrogens with zero attached hydrogens (tertiary/aromatic N) is 1. The predicted octanol–water partition coefficient (Wildman–Crippen LogP) is 4.90. The number of nitrogens with two attached hydrogens (primary N) is 1. The molecule has 32 heavy (non-hydrogen) atoms. The number of amides is 1. The minimum Gasteiger partial charge on any atom is -0.352 e. The summed E-state index contributed by atoms with van der Waals surface area (Å²) in [6.07, 6.45) is 1.23. The number of hydrogen-bond acceptors (Lipinski definition) is 5. The maximum Gasteiger partial charge on any atom is 0.221 e. The molecule has 1 amide bonds. The molecule has 6 heteroatoms. The second kappa shape index (κ2) is 12.0. The molecule has 0 aromatic heterocycles. The molecule has 0 aliphatic heterocycles. The zero-order chi connectivity index (χ0) is 22.8. The van der Waals surface area contributed by atoms with Gasteiger partial charge in [-0.3, -0.25) is 14.6 Å². The van der Waals surface area contributed by atoms with Crippen LogP contribution in [-0.2, 0) is 23.6 Å². The summed E-state index contributed by atoms with van der Waals surface area (Å²) >= 11 is 1.69. The van der Waals surface area contributed by atoms with Gasteiger partial charge in [-0.25, -0.2) is 0 Å². The van der Waals surface area contributed by atoms with E-state index in [1.807, 2.05) is 36.4 Å². The van der Waals surface area contributed by atoms with Crippen molar-refractivity contribution >= 4 is 36.4 Å². The number of carbonyl (C=O) groups excluding carboxylic acids is 2. The van der Waals surface area contributed by atoms with Crippen LogP contribution in [0.1, 0.15) is 33.5 Å². The lowest BCUT2D eigenvalue weighted by Crippen LogP contribution is -2.23. The third-order valence-corrected chi connectivity index (χ3v) is 6.06. The van der Waals surface area contributed by atoms with Crippen LogP contribution >= 0.6 is 11.8 Å². The fourth-order valence-electron chi connectivity index (χ4n) is 3.33. The second-order valence-electron chi connectivity index (χ2n) is 7.35. The first-order valence-corrected chi connectivity index (χ1v) is 11.6. The summed E-state index contributed by atoms with van der Waals surface area (Å²) in [5.41, 5.74) is 12.6. The van der Waals surface area contributed by atoms with Crippen LogP contribution < -0.4 is 11.1 Å².